The fourth-order valence-electron chi connectivity index (χ4n) is 3.36. The molecule has 0 spiro atoms. The van der Waals surface area contributed by atoms with Crippen LogP contribution in [0.1, 0.15) is 0 Å². The number of carbonyl (C=O) groups is 2. The molecule has 2 aliphatic rings. The molecule has 1 amide bonds. The molecule has 1 fully saturated rings. The Balaban J connectivity index is 1.81. The van der Waals surface area contributed by atoms with Gasteiger partial charge in [0.1, 0.15) is 17.4 Å². The number of carboxylic acids is 1. The Hall–Kier alpha value is -3.03. The second-order valence-corrected chi connectivity index (χ2v) is 7.28. The quantitative estimate of drug-likeness (QED) is 0.409. The maximum atomic E-state index is 13.2. The molecule has 14 heteroatoms. The van der Waals surface area contributed by atoms with Gasteiger partial charge >= 0.3 is 24.5 Å². The first-order valence-electron chi connectivity index (χ1n) is 9.28. The van der Waals surface area contributed by atoms with E-state index in [2.05, 4.69) is 14.8 Å². The summed E-state index contributed by atoms with van der Waals surface area (Å²) in [7, 11) is 0. The monoisotopic (exact) mass is 487 g/mol. The number of halogens is 7. The van der Waals surface area contributed by atoms with Crippen molar-refractivity contribution in [2.24, 2.45) is 11.8 Å². The fourth-order valence-corrected chi connectivity index (χ4v) is 3.36. The van der Waals surface area contributed by atoms with Gasteiger partial charge in [-0.2, -0.15) is 22.0 Å². The molecule has 2 N–H and O–H groups in total. The minimum atomic E-state index is -4.76. The van der Waals surface area contributed by atoms with Crippen LogP contribution in [0, 0.1) is 11.8 Å². The van der Waals surface area contributed by atoms with Crippen molar-refractivity contribution in [3.63, 3.8) is 0 Å². The molecule has 0 unspecified atom stereocenters. The highest BCUT2D eigenvalue weighted by atomic mass is 19.4. The van der Waals surface area contributed by atoms with Gasteiger partial charge in [0.25, 0.3) is 0 Å². The third-order valence-corrected chi connectivity index (χ3v) is 4.79. The summed E-state index contributed by atoms with van der Waals surface area (Å²) < 4.78 is 103. The second kappa shape index (κ2) is 9.08. The molecule has 2 bridgehead atoms. The van der Waals surface area contributed by atoms with Gasteiger partial charge in [0.2, 0.25) is 5.91 Å². The number of nitrogens with one attached hydrogen (secondary N) is 1. The number of carbonyl (C=O) groups excluding carboxylic acids is 1. The number of benzene rings is 1. The average Bonchev–Trinajstić information content (AvgIpc) is 3.32. The number of alkyl halides is 7. The smallest absolute Gasteiger partial charge is 0.422 e. The van der Waals surface area contributed by atoms with Gasteiger partial charge in [0.05, 0.1) is 18.1 Å². The summed E-state index contributed by atoms with van der Waals surface area (Å²) in [4.78, 5) is 24.2. The molecule has 1 aromatic rings. The molecule has 2 heterocycles. The number of carboxylic acid groups (broad SMARTS) is 1. The van der Waals surface area contributed by atoms with Crippen LogP contribution < -0.4 is 14.8 Å². The molecule has 3 rings (SSSR count). The van der Waals surface area contributed by atoms with Crippen molar-refractivity contribution in [1.82, 2.24) is 0 Å². The summed E-state index contributed by atoms with van der Waals surface area (Å²) in [6.07, 6.45) is -7.56. The van der Waals surface area contributed by atoms with Gasteiger partial charge < -0.3 is 24.6 Å². The van der Waals surface area contributed by atoms with Crippen LogP contribution >= 0.6 is 0 Å². The number of hydrogen-bond acceptors (Lipinski definition) is 5. The number of rotatable bonds is 9. The van der Waals surface area contributed by atoms with Gasteiger partial charge in [-0.15, -0.1) is 0 Å². The highest BCUT2D eigenvalue weighted by Gasteiger charge is 2.53. The van der Waals surface area contributed by atoms with Crippen LogP contribution in [0.4, 0.5) is 36.4 Å². The van der Waals surface area contributed by atoms with Crippen LogP contribution in [0.3, 0.4) is 0 Å². The van der Waals surface area contributed by atoms with Gasteiger partial charge in [0, 0.05) is 23.9 Å². The lowest BCUT2D eigenvalue weighted by molar-refractivity contribution is -0.153. The van der Waals surface area contributed by atoms with Crippen LogP contribution in [-0.4, -0.2) is 60.9 Å². The maximum absolute atomic E-state index is 13.2. The van der Waals surface area contributed by atoms with Crippen molar-refractivity contribution in [2.45, 2.75) is 30.7 Å². The van der Waals surface area contributed by atoms with Gasteiger partial charge in [-0.3, -0.25) is 9.59 Å². The van der Waals surface area contributed by atoms with E-state index in [4.69, 9.17) is 4.74 Å². The van der Waals surface area contributed by atoms with E-state index in [1.54, 1.807) is 0 Å². The number of amides is 1. The molecule has 4 atom stereocenters. The summed E-state index contributed by atoms with van der Waals surface area (Å²) >= 11 is 0. The lowest BCUT2D eigenvalue weighted by atomic mass is 9.82. The first-order valence-corrected chi connectivity index (χ1v) is 9.28. The SMILES string of the molecule is O=C(Nc1cc(OCC(F)(F)F)cc(OCC(F)(F)C(F)F)c1)[C@@H]1[C@H](C(=O)O)[C@H]2C=C[C@H]1O2. The van der Waals surface area contributed by atoms with Crippen molar-refractivity contribution >= 4 is 17.6 Å². The van der Waals surface area contributed by atoms with Gasteiger partial charge in [-0.1, -0.05) is 12.2 Å². The molecule has 0 saturated carbocycles. The third-order valence-electron chi connectivity index (χ3n) is 4.79. The summed E-state index contributed by atoms with van der Waals surface area (Å²) in [5.74, 6) is -10.3. The number of fused-ring (bicyclic) bond motifs is 2. The first kappa shape index (κ1) is 24.6. The van der Waals surface area contributed by atoms with Crippen LogP contribution in [-0.2, 0) is 14.3 Å². The molecule has 33 heavy (non-hydrogen) atoms. The normalized spacial score (nSPS) is 24.2. The second-order valence-electron chi connectivity index (χ2n) is 7.28. The lowest BCUT2D eigenvalue weighted by Gasteiger charge is -2.22. The molecule has 2 aliphatic heterocycles. The van der Waals surface area contributed by atoms with Crippen LogP contribution in [0.15, 0.2) is 30.4 Å². The minimum Gasteiger partial charge on any atom is -0.487 e. The number of aliphatic carboxylic acids is 1. The average molecular weight is 487 g/mol. The topological polar surface area (TPSA) is 94.1 Å². The summed E-state index contributed by atoms with van der Waals surface area (Å²) in [6, 6.07) is 2.54. The van der Waals surface area contributed by atoms with E-state index >= 15 is 0 Å². The van der Waals surface area contributed by atoms with E-state index in [-0.39, 0.29) is 5.69 Å². The van der Waals surface area contributed by atoms with Crippen molar-refractivity contribution in [3.8, 4) is 11.5 Å². The predicted octanol–water partition coefficient (Wildman–Crippen LogP) is 3.50. The van der Waals surface area contributed by atoms with Crippen molar-refractivity contribution in [2.75, 3.05) is 18.5 Å². The number of ether oxygens (including phenoxy) is 3. The van der Waals surface area contributed by atoms with Gasteiger partial charge in [0.15, 0.2) is 13.2 Å². The van der Waals surface area contributed by atoms with E-state index in [1.165, 1.54) is 12.2 Å². The number of anilines is 1. The Kier molecular flexibility index (Phi) is 6.77. The van der Waals surface area contributed by atoms with Crippen LogP contribution in [0.5, 0.6) is 11.5 Å². The van der Waals surface area contributed by atoms with E-state index < -0.39 is 79.2 Å². The zero-order valence-electron chi connectivity index (χ0n) is 16.3. The maximum Gasteiger partial charge on any atom is 0.422 e. The highest BCUT2D eigenvalue weighted by molar-refractivity contribution is 5.97. The molecular formula is C19H16F7NO6. The highest BCUT2D eigenvalue weighted by Crippen LogP contribution is 2.40. The van der Waals surface area contributed by atoms with Gasteiger partial charge in [-0.05, 0) is 0 Å². The Bertz CT molecular complexity index is 936. The predicted molar refractivity (Wildman–Crippen MR) is 95.5 cm³/mol. The van der Waals surface area contributed by atoms with Gasteiger partial charge in [-0.25, -0.2) is 8.78 Å². The first-order chi connectivity index (χ1) is 15.3. The molecular weight excluding hydrogens is 471 g/mol. The van der Waals surface area contributed by atoms with Crippen molar-refractivity contribution in [3.05, 3.63) is 30.4 Å². The third kappa shape index (κ3) is 5.86. The van der Waals surface area contributed by atoms with Crippen LogP contribution in [0.25, 0.3) is 0 Å². The molecule has 182 valence electrons. The van der Waals surface area contributed by atoms with E-state index in [1.807, 2.05) is 0 Å². The number of hydrogen-bond donors (Lipinski definition) is 2. The molecule has 0 aliphatic carbocycles. The lowest BCUT2D eigenvalue weighted by Crippen LogP contribution is -2.39. The molecule has 1 saturated heterocycles. The van der Waals surface area contributed by atoms with Crippen molar-refractivity contribution in [1.29, 1.82) is 0 Å². The van der Waals surface area contributed by atoms with Crippen LogP contribution in [0.2, 0.25) is 0 Å². The summed E-state index contributed by atoms with van der Waals surface area (Å²) in [5.41, 5.74) is -0.300. The Morgan fingerprint density at radius 1 is 0.970 bits per heavy atom. The minimum absolute atomic E-state index is 0.300. The summed E-state index contributed by atoms with van der Waals surface area (Å²) in [6.45, 7) is -3.57. The Morgan fingerprint density at radius 2 is 1.52 bits per heavy atom. The van der Waals surface area contributed by atoms with E-state index in [0.29, 0.717) is 0 Å². The molecule has 7 nitrogen and oxygen atoms in total. The van der Waals surface area contributed by atoms with Crippen molar-refractivity contribution < 1.29 is 59.6 Å². The standard InChI is InChI=1S/C19H16F7NO6/c20-17(21)18(22,23)6-31-9-3-8(4-10(5-9)32-7-19(24,25)26)27-15(28)13-11-1-2-12(33-11)14(13)16(29)30/h1-5,11-14,17H,6-7H2,(H,27,28)(H,29,30)/t11-,12-,13+,14-/m1/s1. The summed E-state index contributed by atoms with van der Waals surface area (Å²) in [5, 5.41) is 11.6. The zero-order chi connectivity index (χ0) is 24.6. The zero-order valence-corrected chi connectivity index (χ0v) is 16.3. The van der Waals surface area contributed by atoms with E-state index in [9.17, 15) is 45.4 Å². The fraction of sp³-hybridized carbons (Fsp3) is 0.474. The Morgan fingerprint density at radius 3 is 2.03 bits per heavy atom. The Labute approximate surface area is 181 Å². The molecule has 1 aromatic carbocycles. The molecule has 0 aromatic heterocycles. The van der Waals surface area contributed by atoms with E-state index in [0.717, 1.165) is 18.2 Å². The largest absolute Gasteiger partial charge is 0.487 e. The molecule has 0 radical (unpaired) electrons.